The summed E-state index contributed by atoms with van der Waals surface area (Å²) in [5.74, 6) is 0.727. The SMILES string of the molecule is COc1ccc([O])cc1.S. The van der Waals surface area contributed by atoms with Crippen LogP contribution in [0.3, 0.4) is 0 Å². The van der Waals surface area contributed by atoms with E-state index in [0.29, 0.717) is 0 Å². The van der Waals surface area contributed by atoms with Gasteiger partial charge in [-0.15, -0.1) is 0 Å². The molecule has 0 saturated heterocycles. The summed E-state index contributed by atoms with van der Waals surface area (Å²) in [4.78, 5) is 0. The summed E-state index contributed by atoms with van der Waals surface area (Å²) in [7, 11) is 1.57. The van der Waals surface area contributed by atoms with Crippen LogP contribution in [-0.4, -0.2) is 7.11 Å². The van der Waals surface area contributed by atoms with Gasteiger partial charge in [0.1, 0.15) is 5.75 Å². The van der Waals surface area contributed by atoms with Gasteiger partial charge < -0.3 is 4.74 Å². The van der Waals surface area contributed by atoms with Crippen molar-refractivity contribution in [3.8, 4) is 11.5 Å². The maximum absolute atomic E-state index is 10.5. The van der Waals surface area contributed by atoms with Crippen molar-refractivity contribution in [3.05, 3.63) is 24.3 Å². The Hall–Kier alpha value is -0.830. The van der Waals surface area contributed by atoms with Crippen LogP contribution in [0.15, 0.2) is 24.3 Å². The third-order valence-electron chi connectivity index (χ3n) is 1.06. The monoisotopic (exact) mass is 157 g/mol. The van der Waals surface area contributed by atoms with Crippen molar-refractivity contribution < 1.29 is 9.84 Å². The summed E-state index contributed by atoms with van der Waals surface area (Å²) in [5.41, 5.74) is 0. The first kappa shape index (κ1) is 9.17. The van der Waals surface area contributed by atoms with Gasteiger partial charge in [-0.1, -0.05) is 0 Å². The fourth-order valence-corrected chi connectivity index (χ4v) is 0.576. The van der Waals surface area contributed by atoms with Gasteiger partial charge >= 0.3 is 0 Å². The summed E-state index contributed by atoms with van der Waals surface area (Å²) in [6, 6.07) is 6.22. The van der Waals surface area contributed by atoms with Crippen LogP contribution in [0.2, 0.25) is 0 Å². The van der Waals surface area contributed by atoms with E-state index in [9.17, 15) is 5.11 Å². The molecule has 1 rings (SSSR count). The highest BCUT2D eigenvalue weighted by molar-refractivity contribution is 7.59. The van der Waals surface area contributed by atoms with Crippen molar-refractivity contribution in [1.29, 1.82) is 0 Å². The number of ether oxygens (including phenoxy) is 1. The number of hydrogen-bond donors (Lipinski definition) is 0. The lowest BCUT2D eigenvalue weighted by Crippen LogP contribution is -1.79. The largest absolute Gasteiger partial charge is 0.497 e. The highest BCUT2D eigenvalue weighted by Crippen LogP contribution is 2.15. The second-order valence-corrected chi connectivity index (χ2v) is 1.68. The highest BCUT2D eigenvalue weighted by atomic mass is 32.1. The molecule has 0 N–H and O–H groups in total. The maximum Gasteiger partial charge on any atom is 0.178 e. The lowest BCUT2D eigenvalue weighted by molar-refractivity contribution is 0.352. The van der Waals surface area contributed by atoms with Gasteiger partial charge in [0, 0.05) is 0 Å². The molecule has 0 spiro atoms. The fraction of sp³-hybridized carbons (Fsp3) is 0.143. The van der Waals surface area contributed by atoms with Crippen LogP contribution in [-0.2, 0) is 5.11 Å². The van der Waals surface area contributed by atoms with Crippen LogP contribution in [0.1, 0.15) is 0 Å². The van der Waals surface area contributed by atoms with Crippen LogP contribution in [0.5, 0.6) is 11.5 Å². The molecule has 2 nitrogen and oxygen atoms in total. The molecule has 0 saturated carbocycles. The van der Waals surface area contributed by atoms with E-state index in [-0.39, 0.29) is 19.2 Å². The fourth-order valence-electron chi connectivity index (χ4n) is 0.576. The molecular formula is C7H9O2S. The molecule has 0 unspecified atom stereocenters. The Balaban J connectivity index is 0.000000810. The molecule has 0 atom stereocenters. The molecule has 0 aromatic heterocycles. The minimum absolute atomic E-state index is 0. The van der Waals surface area contributed by atoms with E-state index in [2.05, 4.69) is 0 Å². The normalized spacial score (nSPS) is 8.10. The summed E-state index contributed by atoms with van der Waals surface area (Å²) >= 11 is 0. The van der Waals surface area contributed by atoms with Gasteiger partial charge in [-0.25, -0.2) is 0 Å². The Morgan fingerprint density at radius 3 is 2.10 bits per heavy atom. The summed E-state index contributed by atoms with van der Waals surface area (Å²) < 4.78 is 4.83. The van der Waals surface area contributed by atoms with Crippen LogP contribution in [0, 0.1) is 0 Å². The summed E-state index contributed by atoms with van der Waals surface area (Å²) in [6.45, 7) is 0. The van der Waals surface area contributed by atoms with Gasteiger partial charge in [0.25, 0.3) is 0 Å². The zero-order chi connectivity index (χ0) is 6.69. The summed E-state index contributed by atoms with van der Waals surface area (Å²) in [6.07, 6.45) is 0. The number of hydrogen-bond acceptors (Lipinski definition) is 1. The predicted octanol–water partition coefficient (Wildman–Crippen LogP) is 1.95. The maximum atomic E-state index is 10.5. The molecule has 55 valence electrons. The van der Waals surface area contributed by atoms with Gasteiger partial charge in [0.05, 0.1) is 7.11 Å². The molecule has 0 aliphatic heterocycles. The molecule has 0 aliphatic carbocycles. The van der Waals surface area contributed by atoms with Crippen molar-refractivity contribution in [2.45, 2.75) is 0 Å². The smallest absolute Gasteiger partial charge is 0.178 e. The second-order valence-electron chi connectivity index (χ2n) is 1.68. The van der Waals surface area contributed by atoms with E-state index < -0.39 is 0 Å². The van der Waals surface area contributed by atoms with E-state index in [4.69, 9.17) is 4.74 Å². The van der Waals surface area contributed by atoms with Crippen molar-refractivity contribution in [2.24, 2.45) is 0 Å². The summed E-state index contributed by atoms with van der Waals surface area (Å²) in [5, 5.41) is 10.5. The average Bonchev–Trinajstić information content (AvgIpc) is 1.90. The first-order valence-corrected chi connectivity index (χ1v) is 2.64. The molecule has 0 fully saturated rings. The van der Waals surface area contributed by atoms with Gasteiger partial charge in [0.2, 0.25) is 0 Å². The Morgan fingerprint density at radius 2 is 1.70 bits per heavy atom. The molecule has 0 aliphatic rings. The first-order chi connectivity index (χ1) is 4.33. The zero-order valence-electron chi connectivity index (χ0n) is 5.63. The predicted molar refractivity (Wildman–Crippen MR) is 43.5 cm³/mol. The van der Waals surface area contributed by atoms with Crippen molar-refractivity contribution in [3.63, 3.8) is 0 Å². The van der Waals surface area contributed by atoms with E-state index in [1.54, 1.807) is 19.2 Å². The minimum Gasteiger partial charge on any atom is -0.497 e. The van der Waals surface area contributed by atoms with Crippen molar-refractivity contribution >= 4 is 13.5 Å². The lowest BCUT2D eigenvalue weighted by Gasteiger charge is -1.95. The lowest BCUT2D eigenvalue weighted by atomic mass is 10.3. The molecule has 1 radical (unpaired) electrons. The Labute approximate surface area is 66.9 Å². The Bertz CT molecular complexity index is 183. The van der Waals surface area contributed by atoms with Crippen LogP contribution in [0.4, 0.5) is 0 Å². The van der Waals surface area contributed by atoms with Crippen LogP contribution >= 0.6 is 13.5 Å². The highest BCUT2D eigenvalue weighted by Gasteiger charge is 1.89. The molecule has 0 heterocycles. The third kappa shape index (κ3) is 2.19. The van der Waals surface area contributed by atoms with Gasteiger partial charge in [-0.2, -0.15) is 13.5 Å². The Morgan fingerprint density at radius 1 is 1.20 bits per heavy atom. The molecule has 0 amide bonds. The van der Waals surface area contributed by atoms with E-state index >= 15 is 0 Å². The topological polar surface area (TPSA) is 29.1 Å². The zero-order valence-corrected chi connectivity index (χ0v) is 6.63. The van der Waals surface area contributed by atoms with Crippen LogP contribution in [0.25, 0.3) is 0 Å². The average molecular weight is 157 g/mol. The van der Waals surface area contributed by atoms with Crippen molar-refractivity contribution in [2.75, 3.05) is 7.11 Å². The van der Waals surface area contributed by atoms with E-state index in [0.717, 1.165) is 5.75 Å². The van der Waals surface area contributed by atoms with Gasteiger partial charge in [0.15, 0.2) is 5.75 Å². The van der Waals surface area contributed by atoms with E-state index in [1.807, 2.05) is 0 Å². The quantitative estimate of drug-likeness (QED) is 0.612. The van der Waals surface area contributed by atoms with Gasteiger partial charge in [-0.05, 0) is 24.3 Å². The number of methoxy groups -OCH3 is 1. The minimum atomic E-state index is 0. The molecule has 1 aromatic carbocycles. The van der Waals surface area contributed by atoms with E-state index in [1.165, 1.54) is 12.1 Å². The molecular weight excluding hydrogens is 148 g/mol. The standard InChI is InChI=1S/C7H7O2.H2S/c1-9-7-4-2-6(8)3-5-7;/h2-5H,1H3;1H2. The molecule has 10 heavy (non-hydrogen) atoms. The Kier molecular flexibility index (Phi) is 3.72. The number of benzene rings is 1. The first-order valence-electron chi connectivity index (χ1n) is 2.64. The number of rotatable bonds is 1. The van der Waals surface area contributed by atoms with Crippen LogP contribution < -0.4 is 4.74 Å². The molecule has 1 aromatic rings. The third-order valence-corrected chi connectivity index (χ3v) is 1.06. The molecule has 0 bridgehead atoms. The molecule has 3 heteroatoms. The van der Waals surface area contributed by atoms with Crippen molar-refractivity contribution in [1.82, 2.24) is 0 Å². The second kappa shape index (κ2) is 4.06. The van der Waals surface area contributed by atoms with Gasteiger partial charge in [-0.3, -0.25) is 5.11 Å².